The lowest BCUT2D eigenvalue weighted by molar-refractivity contribution is 0.0771. The van der Waals surface area contributed by atoms with Crippen LogP contribution in [0.5, 0.6) is 0 Å². The van der Waals surface area contributed by atoms with Crippen molar-refractivity contribution in [2.24, 2.45) is 5.41 Å². The fourth-order valence-corrected chi connectivity index (χ4v) is 3.24. The molecule has 3 rings (SSSR count). The largest absolute Gasteiger partial charge is 0.338 e. The Bertz CT molecular complexity index is 559. The van der Waals surface area contributed by atoms with E-state index in [9.17, 15) is 13.6 Å². The van der Waals surface area contributed by atoms with Crippen molar-refractivity contribution >= 4 is 18.3 Å². The molecule has 0 aromatic heterocycles. The molecule has 1 aromatic carbocycles. The first-order chi connectivity index (χ1) is 9.51. The second-order valence-electron chi connectivity index (χ2n) is 5.98. The number of hydrogen-bond acceptors (Lipinski definition) is 2. The molecular weight excluding hydrogens is 298 g/mol. The molecule has 1 N–H and O–H groups in total. The van der Waals surface area contributed by atoms with Crippen LogP contribution in [-0.4, -0.2) is 37.0 Å². The monoisotopic (exact) mass is 316 g/mol. The van der Waals surface area contributed by atoms with Gasteiger partial charge in [-0.05, 0) is 37.9 Å². The molecule has 1 aromatic rings. The summed E-state index contributed by atoms with van der Waals surface area (Å²) in [5, 5.41) is 3.32. The minimum absolute atomic E-state index is 0. The Labute approximate surface area is 129 Å². The van der Waals surface area contributed by atoms with Crippen molar-refractivity contribution < 1.29 is 13.6 Å². The maximum Gasteiger partial charge on any atom is 0.256 e. The van der Waals surface area contributed by atoms with E-state index in [1.807, 2.05) is 0 Å². The van der Waals surface area contributed by atoms with Gasteiger partial charge in [0.25, 0.3) is 5.91 Å². The van der Waals surface area contributed by atoms with Crippen LogP contribution in [0.3, 0.4) is 0 Å². The highest BCUT2D eigenvalue weighted by molar-refractivity contribution is 5.95. The lowest BCUT2D eigenvalue weighted by Gasteiger charge is -2.23. The topological polar surface area (TPSA) is 32.3 Å². The van der Waals surface area contributed by atoms with E-state index in [1.165, 1.54) is 13.0 Å². The number of benzene rings is 1. The zero-order valence-electron chi connectivity index (χ0n) is 11.9. The van der Waals surface area contributed by atoms with Gasteiger partial charge in [-0.25, -0.2) is 8.78 Å². The van der Waals surface area contributed by atoms with Crippen LogP contribution >= 0.6 is 12.4 Å². The Morgan fingerprint density at radius 1 is 1.29 bits per heavy atom. The molecule has 0 bridgehead atoms. The van der Waals surface area contributed by atoms with Crippen LogP contribution in [-0.2, 0) is 0 Å². The molecule has 1 amide bonds. The number of carbonyl (C=O) groups is 1. The zero-order chi connectivity index (χ0) is 14.3. The van der Waals surface area contributed by atoms with E-state index >= 15 is 0 Å². The second kappa shape index (κ2) is 5.89. The molecule has 3 nitrogen and oxygen atoms in total. The molecule has 116 valence electrons. The highest BCUT2D eigenvalue weighted by atomic mass is 35.5. The number of hydrogen-bond donors (Lipinski definition) is 1. The van der Waals surface area contributed by atoms with E-state index < -0.39 is 11.6 Å². The number of aryl methyl sites for hydroxylation is 1. The van der Waals surface area contributed by atoms with Crippen molar-refractivity contribution in [3.8, 4) is 0 Å². The van der Waals surface area contributed by atoms with E-state index in [0.29, 0.717) is 18.7 Å². The maximum absolute atomic E-state index is 13.8. The molecule has 1 unspecified atom stereocenters. The summed E-state index contributed by atoms with van der Waals surface area (Å²) in [4.78, 5) is 14.1. The molecule has 2 fully saturated rings. The van der Waals surface area contributed by atoms with Gasteiger partial charge in [0.05, 0.1) is 5.56 Å². The molecule has 2 heterocycles. The molecule has 1 atom stereocenters. The Hall–Kier alpha value is -1.20. The number of amides is 1. The van der Waals surface area contributed by atoms with Gasteiger partial charge in [-0.1, -0.05) is 0 Å². The summed E-state index contributed by atoms with van der Waals surface area (Å²) in [6.45, 7) is 4.75. The molecule has 1 spiro atoms. The van der Waals surface area contributed by atoms with Crippen LogP contribution < -0.4 is 5.32 Å². The second-order valence-corrected chi connectivity index (χ2v) is 5.98. The van der Waals surface area contributed by atoms with Gasteiger partial charge in [0.2, 0.25) is 0 Å². The first-order valence-corrected chi connectivity index (χ1v) is 6.96. The number of rotatable bonds is 1. The summed E-state index contributed by atoms with van der Waals surface area (Å²) in [5.74, 6) is -1.71. The number of halogens is 3. The normalized spacial score (nSPS) is 24.4. The van der Waals surface area contributed by atoms with Gasteiger partial charge >= 0.3 is 0 Å². The highest BCUT2D eigenvalue weighted by Gasteiger charge is 2.42. The third kappa shape index (κ3) is 2.90. The van der Waals surface area contributed by atoms with Crippen LogP contribution in [0.1, 0.15) is 28.8 Å². The van der Waals surface area contributed by atoms with Crippen molar-refractivity contribution in [2.45, 2.75) is 19.8 Å². The Balaban J connectivity index is 0.00000161. The average Bonchev–Trinajstić information content (AvgIpc) is 3.04. The Morgan fingerprint density at radius 3 is 2.71 bits per heavy atom. The quantitative estimate of drug-likeness (QED) is 0.863. The van der Waals surface area contributed by atoms with E-state index in [2.05, 4.69) is 5.32 Å². The van der Waals surface area contributed by atoms with Crippen LogP contribution in [0.4, 0.5) is 8.78 Å². The van der Waals surface area contributed by atoms with Gasteiger partial charge < -0.3 is 10.2 Å². The fraction of sp³-hybridized carbons (Fsp3) is 0.533. The number of nitrogens with zero attached hydrogens (tertiary/aromatic N) is 1. The standard InChI is InChI=1S/C15H18F2N2O.ClH/c1-10-6-11(13(17)7-12(10)16)14(20)19-5-3-15(9-19)2-4-18-8-15;/h6-7,18H,2-5,8-9H2,1H3;1H. The zero-order valence-corrected chi connectivity index (χ0v) is 12.7. The van der Waals surface area contributed by atoms with E-state index in [4.69, 9.17) is 0 Å². The van der Waals surface area contributed by atoms with Crippen LogP contribution in [0.15, 0.2) is 12.1 Å². The van der Waals surface area contributed by atoms with Crippen molar-refractivity contribution in [2.75, 3.05) is 26.2 Å². The average molecular weight is 317 g/mol. The predicted molar refractivity (Wildman–Crippen MR) is 78.8 cm³/mol. The van der Waals surface area contributed by atoms with Crippen LogP contribution in [0, 0.1) is 24.0 Å². The lowest BCUT2D eigenvalue weighted by atomic mass is 9.86. The first kappa shape index (κ1) is 16.2. The third-order valence-corrected chi connectivity index (χ3v) is 4.54. The molecule has 2 aliphatic heterocycles. The summed E-state index contributed by atoms with van der Waals surface area (Å²) in [6.07, 6.45) is 2.01. The summed E-state index contributed by atoms with van der Waals surface area (Å²) in [5.41, 5.74) is 0.430. The summed E-state index contributed by atoms with van der Waals surface area (Å²) in [7, 11) is 0. The van der Waals surface area contributed by atoms with Gasteiger partial charge in [-0.3, -0.25) is 4.79 Å². The van der Waals surface area contributed by atoms with Crippen LogP contribution in [0.2, 0.25) is 0 Å². The molecule has 2 aliphatic rings. The van der Waals surface area contributed by atoms with Crippen molar-refractivity contribution in [1.29, 1.82) is 0 Å². The minimum atomic E-state index is -0.774. The SMILES string of the molecule is Cc1cc(C(=O)N2CCC3(CCNC3)C2)c(F)cc1F.Cl. The number of carbonyl (C=O) groups excluding carboxylic acids is 1. The minimum Gasteiger partial charge on any atom is -0.338 e. The molecule has 0 saturated carbocycles. The summed E-state index contributed by atoms with van der Waals surface area (Å²) >= 11 is 0. The smallest absolute Gasteiger partial charge is 0.256 e. The first-order valence-electron chi connectivity index (χ1n) is 6.96. The van der Waals surface area contributed by atoms with Crippen LogP contribution in [0.25, 0.3) is 0 Å². The third-order valence-electron chi connectivity index (χ3n) is 4.54. The number of nitrogens with one attached hydrogen (secondary N) is 1. The van der Waals surface area contributed by atoms with E-state index in [-0.39, 0.29) is 29.3 Å². The Kier molecular flexibility index (Phi) is 4.54. The van der Waals surface area contributed by atoms with E-state index in [0.717, 1.165) is 32.0 Å². The molecule has 0 radical (unpaired) electrons. The van der Waals surface area contributed by atoms with Gasteiger partial charge in [0.15, 0.2) is 0 Å². The van der Waals surface area contributed by atoms with Gasteiger partial charge in [0, 0.05) is 31.1 Å². The molecule has 2 saturated heterocycles. The highest BCUT2D eigenvalue weighted by Crippen LogP contribution is 2.36. The summed E-state index contributed by atoms with van der Waals surface area (Å²) < 4.78 is 27.1. The lowest BCUT2D eigenvalue weighted by Crippen LogP contribution is -2.33. The molecule has 0 aliphatic carbocycles. The predicted octanol–water partition coefficient (Wildman–Crippen LogP) is 2.52. The molecular formula is C15H19ClF2N2O. The maximum atomic E-state index is 13.8. The summed E-state index contributed by atoms with van der Waals surface area (Å²) in [6, 6.07) is 2.11. The van der Waals surface area contributed by atoms with Gasteiger partial charge in [-0.2, -0.15) is 0 Å². The number of likely N-dealkylation sites (tertiary alicyclic amines) is 1. The van der Waals surface area contributed by atoms with Crippen molar-refractivity contribution in [3.63, 3.8) is 0 Å². The van der Waals surface area contributed by atoms with E-state index in [1.54, 1.807) is 4.90 Å². The van der Waals surface area contributed by atoms with Gasteiger partial charge in [0.1, 0.15) is 11.6 Å². The molecule has 21 heavy (non-hydrogen) atoms. The van der Waals surface area contributed by atoms with Crippen molar-refractivity contribution in [1.82, 2.24) is 10.2 Å². The fourth-order valence-electron chi connectivity index (χ4n) is 3.24. The van der Waals surface area contributed by atoms with Crippen molar-refractivity contribution in [3.05, 3.63) is 34.9 Å². The van der Waals surface area contributed by atoms with Gasteiger partial charge in [-0.15, -0.1) is 12.4 Å². The molecule has 6 heteroatoms. The Morgan fingerprint density at radius 2 is 2.05 bits per heavy atom.